The summed E-state index contributed by atoms with van der Waals surface area (Å²) in [6.45, 7) is 2.81. The Morgan fingerprint density at radius 2 is 1.41 bits per heavy atom. The molecule has 0 atom stereocenters. The van der Waals surface area contributed by atoms with Gasteiger partial charge < -0.3 is 26.0 Å². The maximum atomic E-state index is 12.4. The van der Waals surface area contributed by atoms with Crippen molar-refractivity contribution in [2.45, 2.75) is 6.92 Å². The Morgan fingerprint density at radius 3 is 2.09 bits per heavy atom. The number of aryl methyl sites for hydroxylation is 1. The highest BCUT2D eigenvalue weighted by atomic mass is 16.5. The van der Waals surface area contributed by atoms with Crippen LogP contribution in [0.25, 0.3) is 0 Å². The summed E-state index contributed by atoms with van der Waals surface area (Å²) in [5, 5.41) is 11.4. The number of hydrogen-bond acceptors (Lipinski definition) is 5. The van der Waals surface area contributed by atoms with Crippen LogP contribution in [0.15, 0.2) is 72.8 Å². The smallest absolute Gasteiger partial charge is 0.255 e. The van der Waals surface area contributed by atoms with Crippen molar-refractivity contribution in [3.05, 3.63) is 89.5 Å². The molecular formula is C26H28N4O4. The number of nitrogens with one attached hydrogen (secondary N) is 4. The highest BCUT2D eigenvalue weighted by molar-refractivity contribution is 6.04. The number of carbonyl (C=O) groups is 3. The van der Waals surface area contributed by atoms with E-state index in [1.165, 1.54) is 0 Å². The van der Waals surface area contributed by atoms with E-state index in [-0.39, 0.29) is 24.3 Å². The molecule has 0 saturated carbocycles. The van der Waals surface area contributed by atoms with E-state index in [1.54, 1.807) is 61.7 Å². The van der Waals surface area contributed by atoms with Gasteiger partial charge in [0, 0.05) is 41.8 Å². The van der Waals surface area contributed by atoms with Gasteiger partial charge in [-0.2, -0.15) is 0 Å². The van der Waals surface area contributed by atoms with Crippen LogP contribution in [0.1, 0.15) is 26.3 Å². The zero-order valence-electron chi connectivity index (χ0n) is 19.2. The van der Waals surface area contributed by atoms with E-state index < -0.39 is 0 Å². The zero-order valence-corrected chi connectivity index (χ0v) is 19.2. The molecule has 3 aromatic carbocycles. The number of rotatable bonds is 10. The number of anilines is 3. The molecule has 8 nitrogen and oxygen atoms in total. The summed E-state index contributed by atoms with van der Waals surface area (Å²) in [5.74, 6) is -0.648. The Balaban J connectivity index is 1.48. The first-order valence-corrected chi connectivity index (χ1v) is 10.8. The van der Waals surface area contributed by atoms with Gasteiger partial charge in [-0.1, -0.05) is 23.8 Å². The fourth-order valence-electron chi connectivity index (χ4n) is 3.15. The Bertz CT molecular complexity index is 1150. The minimum atomic E-state index is -0.244. The molecule has 0 heterocycles. The topological polar surface area (TPSA) is 109 Å². The molecule has 0 saturated heterocycles. The molecule has 0 spiro atoms. The van der Waals surface area contributed by atoms with Crippen LogP contribution in [0.3, 0.4) is 0 Å². The second kappa shape index (κ2) is 12.2. The Kier molecular flexibility index (Phi) is 8.76. The van der Waals surface area contributed by atoms with Crippen molar-refractivity contribution in [2.24, 2.45) is 0 Å². The molecule has 0 unspecified atom stereocenters. The largest absolute Gasteiger partial charge is 0.383 e. The summed E-state index contributed by atoms with van der Waals surface area (Å²) in [7, 11) is 1.57. The molecule has 0 aromatic heterocycles. The van der Waals surface area contributed by atoms with Crippen LogP contribution in [0.2, 0.25) is 0 Å². The Hall–Kier alpha value is -4.17. The predicted molar refractivity (Wildman–Crippen MR) is 133 cm³/mol. The Morgan fingerprint density at radius 1 is 0.765 bits per heavy atom. The molecule has 0 aliphatic carbocycles. The van der Waals surface area contributed by atoms with Crippen molar-refractivity contribution < 1.29 is 19.1 Å². The summed E-state index contributed by atoms with van der Waals surface area (Å²) < 4.78 is 4.92. The van der Waals surface area contributed by atoms with Gasteiger partial charge in [-0.25, -0.2) is 0 Å². The molecule has 4 N–H and O–H groups in total. The van der Waals surface area contributed by atoms with Crippen molar-refractivity contribution in [1.29, 1.82) is 0 Å². The molecule has 0 aliphatic rings. The second-order valence-electron chi connectivity index (χ2n) is 7.63. The monoisotopic (exact) mass is 460 g/mol. The molecule has 176 valence electrons. The SMILES string of the molecule is COCCNC(=O)c1cccc(NCC(=O)Nc2ccc(NC(=O)c3cccc(C)c3)cc2)c1. The van der Waals surface area contributed by atoms with Crippen LogP contribution in [0.4, 0.5) is 17.1 Å². The zero-order chi connectivity index (χ0) is 24.3. The predicted octanol–water partition coefficient (Wildman–Crippen LogP) is 3.67. The number of amides is 3. The van der Waals surface area contributed by atoms with Crippen LogP contribution in [0, 0.1) is 6.92 Å². The first-order chi connectivity index (χ1) is 16.4. The number of hydrogen-bond donors (Lipinski definition) is 4. The van der Waals surface area contributed by atoms with Gasteiger partial charge in [-0.15, -0.1) is 0 Å². The van der Waals surface area contributed by atoms with Crippen LogP contribution in [0.5, 0.6) is 0 Å². The van der Waals surface area contributed by atoms with E-state index in [0.717, 1.165) is 5.56 Å². The third-order valence-electron chi connectivity index (χ3n) is 4.88. The lowest BCUT2D eigenvalue weighted by atomic mass is 10.1. The van der Waals surface area contributed by atoms with Crippen molar-refractivity contribution in [1.82, 2.24) is 5.32 Å². The number of benzene rings is 3. The van der Waals surface area contributed by atoms with Gasteiger partial charge in [0.2, 0.25) is 5.91 Å². The first kappa shape index (κ1) is 24.5. The van der Waals surface area contributed by atoms with E-state index in [9.17, 15) is 14.4 Å². The lowest BCUT2D eigenvalue weighted by Gasteiger charge is -2.10. The average Bonchev–Trinajstić information content (AvgIpc) is 2.84. The normalized spacial score (nSPS) is 10.3. The maximum Gasteiger partial charge on any atom is 0.255 e. The van der Waals surface area contributed by atoms with Crippen molar-refractivity contribution >= 4 is 34.8 Å². The fraction of sp³-hybridized carbons (Fsp3) is 0.192. The minimum absolute atomic E-state index is 0.0284. The summed E-state index contributed by atoms with van der Waals surface area (Å²) in [4.78, 5) is 36.8. The van der Waals surface area contributed by atoms with Gasteiger partial charge in [-0.3, -0.25) is 14.4 Å². The van der Waals surface area contributed by atoms with E-state index in [0.29, 0.717) is 41.3 Å². The number of carbonyl (C=O) groups excluding carboxylic acids is 3. The third kappa shape index (κ3) is 7.46. The van der Waals surface area contributed by atoms with Crippen molar-refractivity contribution in [3.8, 4) is 0 Å². The summed E-state index contributed by atoms with van der Waals surface area (Å²) in [6, 6.07) is 21.1. The van der Waals surface area contributed by atoms with Crippen LogP contribution >= 0.6 is 0 Å². The van der Waals surface area contributed by atoms with Crippen molar-refractivity contribution in [3.63, 3.8) is 0 Å². The molecule has 0 radical (unpaired) electrons. The maximum absolute atomic E-state index is 12.4. The molecule has 8 heteroatoms. The first-order valence-electron chi connectivity index (χ1n) is 10.8. The lowest BCUT2D eigenvalue weighted by Crippen LogP contribution is -2.27. The van der Waals surface area contributed by atoms with Gasteiger partial charge in [0.05, 0.1) is 13.2 Å². The summed E-state index contributed by atoms with van der Waals surface area (Å²) in [6.07, 6.45) is 0. The molecule has 0 bridgehead atoms. The van der Waals surface area contributed by atoms with Crippen molar-refractivity contribution in [2.75, 3.05) is 42.8 Å². The number of ether oxygens (including phenoxy) is 1. The number of methoxy groups -OCH3 is 1. The third-order valence-corrected chi connectivity index (χ3v) is 4.88. The van der Waals surface area contributed by atoms with Gasteiger partial charge in [0.15, 0.2) is 0 Å². The molecule has 3 amide bonds. The average molecular weight is 461 g/mol. The van der Waals surface area contributed by atoms with E-state index >= 15 is 0 Å². The van der Waals surface area contributed by atoms with Crippen LogP contribution in [-0.4, -0.2) is 44.5 Å². The highest BCUT2D eigenvalue weighted by Gasteiger charge is 2.08. The van der Waals surface area contributed by atoms with E-state index in [2.05, 4.69) is 21.3 Å². The summed E-state index contributed by atoms with van der Waals surface area (Å²) in [5.41, 5.74) is 3.97. The molecule has 3 aromatic rings. The van der Waals surface area contributed by atoms with Gasteiger partial charge in [-0.05, 0) is 61.5 Å². The van der Waals surface area contributed by atoms with Crippen LogP contribution < -0.4 is 21.3 Å². The molecule has 34 heavy (non-hydrogen) atoms. The van der Waals surface area contributed by atoms with Crippen LogP contribution in [-0.2, 0) is 9.53 Å². The minimum Gasteiger partial charge on any atom is -0.383 e. The van der Waals surface area contributed by atoms with E-state index in [1.807, 2.05) is 25.1 Å². The van der Waals surface area contributed by atoms with Gasteiger partial charge in [0.25, 0.3) is 11.8 Å². The lowest BCUT2D eigenvalue weighted by molar-refractivity contribution is -0.114. The van der Waals surface area contributed by atoms with E-state index in [4.69, 9.17) is 4.74 Å². The molecular weight excluding hydrogens is 432 g/mol. The fourth-order valence-corrected chi connectivity index (χ4v) is 3.15. The quantitative estimate of drug-likeness (QED) is 0.345. The summed E-state index contributed by atoms with van der Waals surface area (Å²) >= 11 is 0. The Labute approximate surface area is 198 Å². The second-order valence-corrected chi connectivity index (χ2v) is 7.63. The van der Waals surface area contributed by atoms with Gasteiger partial charge in [0.1, 0.15) is 0 Å². The molecule has 0 fully saturated rings. The standard InChI is InChI=1S/C26H28N4O4/c1-18-5-3-6-19(15-18)26(33)30-22-11-9-21(10-12-22)29-24(31)17-28-23-8-4-7-20(16-23)25(32)27-13-14-34-2/h3-12,15-16,28H,13-14,17H2,1-2H3,(H,27,32)(H,29,31)(H,30,33). The highest BCUT2D eigenvalue weighted by Crippen LogP contribution is 2.16. The molecule has 3 rings (SSSR count). The van der Waals surface area contributed by atoms with Gasteiger partial charge >= 0.3 is 0 Å². The molecule has 0 aliphatic heterocycles.